The Morgan fingerprint density at radius 3 is 2.49 bits per heavy atom. The second kappa shape index (κ2) is 11.3. The van der Waals surface area contributed by atoms with Crippen LogP contribution in [0.25, 0.3) is 10.9 Å². The van der Waals surface area contributed by atoms with E-state index in [2.05, 4.69) is 11.1 Å². The summed E-state index contributed by atoms with van der Waals surface area (Å²) in [6.45, 7) is 5.45. The maximum Gasteiger partial charge on any atom is 0.290 e. The van der Waals surface area contributed by atoms with Gasteiger partial charge in [0.25, 0.3) is 5.91 Å². The number of nitrogens with zero attached hydrogens (tertiary/aromatic N) is 2. The molecular formula is C28H30ClN3O3. The molecule has 7 heteroatoms. The van der Waals surface area contributed by atoms with Crippen LogP contribution in [0.2, 0.25) is 5.02 Å². The van der Waals surface area contributed by atoms with Crippen LogP contribution in [0.1, 0.15) is 35.5 Å². The Morgan fingerprint density at radius 1 is 1.00 bits per heavy atom. The number of hydrogen-bond donors (Lipinski definition) is 1. The lowest BCUT2D eigenvalue weighted by molar-refractivity contribution is -0.132. The number of hydrogen-bond acceptors (Lipinski definition) is 3. The summed E-state index contributed by atoms with van der Waals surface area (Å²) < 4.78 is 5.31. The number of aromatic nitrogens is 1. The molecule has 2 aromatic heterocycles. The van der Waals surface area contributed by atoms with E-state index in [1.807, 2.05) is 67.4 Å². The van der Waals surface area contributed by atoms with Crippen molar-refractivity contribution in [2.75, 3.05) is 19.6 Å². The Morgan fingerprint density at radius 2 is 1.77 bits per heavy atom. The van der Waals surface area contributed by atoms with E-state index < -0.39 is 0 Å². The minimum Gasteiger partial charge on any atom is -0.459 e. The molecule has 0 saturated carbocycles. The molecule has 0 bridgehead atoms. The Kier molecular flexibility index (Phi) is 7.93. The summed E-state index contributed by atoms with van der Waals surface area (Å²) in [7, 11) is 0. The highest BCUT2D eigenvalue weighted by atomic mass is 35.5. The highest BCUT2D eigenvalue weighted by Gasteiger charge is 2.25. The topological polar surface area (TPSA) is 69.6 Å². The molecule has 4 rings (SSSR count). The van der Waals surface area contributed by atoms with Crippen molar-refractivity contribution in [1.29, 1.82) is 0 Å². The summed E-state index contributed by atoms with van der Waals surface area (Å²) in [4.78, 5) is 33.3. The van der Waals surface area contributed by atoms with E-state index in [1.165, 1.54) is 6.26 Å². The second-order valence-corrected chi connectivity index (χ2v) is 9.54. The van der Waals surface area contributed by atoms with E-state index in [0.29, 0.717) is 31.1 Å². The van der Waals surface area contributed by atoms with E-state index in [4.69, 9.17) is 16.0 Å². The van der Waals surface area contributed by atoms with Crippen molar-refractivity contribution < 1.29 is 14.0 Å². The summed E-state index contributed by atoms with van der Waals surface area (Å²) in [5, 5.41) is 1.80. The number of benzene rings is 2. The van der Waals surface area contributed by atoms with Gasteiger partial charge in [0.05, 0.1) is 6.26 Å². The van der Waals surface area contributed by atoms with Gasteiger partial charge in [0.15, 0.2) is 5.76 Å². The maximum atomic E-state index is 13.6. The second-order valence-electron chi connectivity index (χ2n) is 9.11. The van der Waals surface area contributed by atoms with Crippen LogP contribution in [0.15, 0.2) is 77.5 Å². The predicted molar refractivity (Wildman–Crippen MR) is 138 cm³/mol. The molecule has 2 heterocycles. The van der Waals surface area contributed by atoms with Gasteiger partial charge in [-0.25, -0.2) is 0 Å². The van der Waals surface area contributed by atoms with Crippen molar-refractivity contribution in [3.05, 3.63) is 95.0 Å². The number of aromatic amines is 1. The van der Waals surface area contributed by atoms with Crippen LogP contribution in [0.3, 0.4) is 0 Å². The largest absolute Gasteiger partial charge is 0.459 e. The highest BCUT2D eigenvalue weighted by molar-refractivity contribution is 6.30. The molecule has 182 valence electrons. The van der Waals surface area contributed by atoms with Crippen LogP contribution in [0.4, 0.5) is 0 Å². The zero-order valence-electron chi connectivity index (χ0n) is 20.0. The van der Waals surface area contributed by atoms with Crippen LogP contribution in [-0.2, 0) is 17.8 Å². The number of halogens is 1. The van der Waals surface area contributed by atoms with Crippen LogP contribution >= 0.6 is 11.6 Å². The number of furan rings is 1. The van der Waals surface area contributed by atoms with Gasteiger partial charge in [0.2, 0.25) is 5.91 Å². The number of rotatable bonds is 10. The van der Waals surface area contributed by atoms with Crippen molar-refractivity contribution >= 4 is 34.3 Å². The van der Waals surface area contributed by atoms with E-state index >= 15 is 0 Å². The third-order valence-corrected chi connectivity index (χ3v) is 6.15. The lowest BCUT2D eigenvalue weighted by Crippen LogP contribution is -2.44. The van der Waals surface area contributed by atoms with Gasteiger partial charge in [-0.1, -0.05) is 55.8 Å². The van der Waals surface area contributed by atoms with Crippen molar-refractivity contribution in [2.45, 2.75) is 26.8 Å². The van der Waals surface area contributed by atoms with E-state index in [1.54, 1.807) is 17.0 Å². The molecular weight excluding hydrogens is 462 g/mol. The van der Waals surface area contributed by atoms with E-state index in [-0.39, 0.29) is 30.0 Å². The zero-order chi connectivity index (χ0) is 24.8. The summed E-state index contributed by atoms with van der Waals surface area (Å²) >= 11 is 6.06. The number of nitrogens with one attached hydrogen (secondary N) is 1. The zero-order valence-corrected chi connectivity index (χ0v) is 20.8. The van der Waals surface area contributed by atoms with Crippen molar-refractivity contribution in [1.82, 2.24) is 14.8 Å². The van der Waals surface area contributed by atoms with Crippen LogP contribution in [-0.4, -0.2) is 46.2 Å². The average Bonchev–Trinajstić information content (AvgIpc) is 3.52. The molecule has 0 aliphatic rings. The molecule has 0 radical (unpaired) electrons. The fourth-order valence-electron chi connectivity index (χ4n) is 4.18. The van der Waals surface area contributed by atoms with E-state index in [9.17, 15) is 9.59 Å². The van der Waals surface area contributed by atoms with Crippen molar-refractivity contribution in [3.63, 3.8) is 0 Å². The number of H-pyrrole nitrogens is 1. The summed E-state index contributed by atoms with van der Waals surface area (Å²) in [5.41, 5.74) is 3.21. The fourth-order valence-corrected chi connectivity index (χ4v) is 4.30. The highest BCUT2D eigenvalue weighted by Crippen LogP contribution is 2.19. The van der Waals surface area contributed by atoms with Gasteiger partial charge in [-0.3, -0.25) is 9.59 Å². The predicted octanol–water partition coefficient (Wildman–Crippen LogP) is 5.78. The molecule has 4 aromatic rings. The molecule has 35 heavy (non-hydrogen) atoms. The molecule has 0 unspecified atom stereocenters. The number of fused-ring (bicyclic) bond motifs is 1. The standard InChI is InChI=1S/C28H30ClN3O3/c1-20(2)17-32(28(34)26-8-5-15-35-26)19-27(33)31(18-21-9-11-23(29)12-10-21)14-13-22-16-30-25-7-4-3-6-24(22)25/h3-12,15-16,20,30H,13-14,17-19H2,1-2H3. The molecule has 1 N–H and O–H groups in total. The van der Waals surface area contributed by atoms with Gasteiger partial charge in [-0.05, 0) is 53.8 Å². The fraction of sp³-hybridized carbons (Fsp3) is 0.286. The molecule has 0 spiro atoms. The lowest BCUT2D eigenvalue weighted by Gasteiger charge is -2.28. The molecule has 0 saturated heterocycles. The number of amides is 2. The Balaban J connectivity index is 1.53. The van der Waals surface area contributed by atoms with Crippen molar-refractivity contribution in [2.24, 2.45) is 5.92 Å². The number of para-hydroxylation sites is 1. The monoisotopic (exact) mass is 491 g/mol. The molecule has 2 amide bonds. The van der Waals surface area contributed by atoms with Crippen LogP contribution in [0, 0.1) is 5.92 Å². The first kappa shape index (κ1) is 24.6. The van der Waals surface area contributed by atoms with Crippen molar-refractivity contribution in [3.8, 4) is 0 Å². The third-order valence-electron chi connectivity index (χ3n) is 5.90. The van der Waals surface area contributed by atoms with Gasteiger partial charge in [0.1, 0.15) is 6.54 Å². The summed E-state index contributed by atoms with van der Waals surface area (Å²) in [6, 6.07) is 18.9. The maximum absolute atomic E-state index is 13.6. The molecule has 0 aliphatic carbocycles. The summed E-state index contributed by atoms with van der Waals surface area (Å²) in [5.74, 6) is 0.0552. The Labute approximate surface area is 210 Å². The molecule has 2 aromatic carbocycles. The molecule has 0 aliphatic heterocycles. The Bertz CT molecular complexity index is 1260. The first-order chi connectivity index (χ1) is 16.9. The summed E-state index contributed by atoms with van der Waals surface area (Å²) in [6.07, 6.45) is 4.16. The Hall–Kier alpha value is -3.51. The van der Waals surface area contributed by atoms with E-state index in [0.717, 1.165) is 22.0 Å². The van der Waals surface area contributed by atoms with Crippen LogP contribution < -0.4 is 0 Å². The van der Waals surface area contributed by atoms with Gasteiger partial charge in [0, 0.05) is 41.8 Å². The average molecular weight is 492 g/mol. The van der Waals surface area contributed by atoms with Gasteiger partial charge >= 0.3 is 0 Å². The first-order valence-corrected chi connectivity index (χ1v) is 12.2. The van der Waals surface area contributed by atoms with Gasteiger partial charge in [-0.15, -0.1) is 0 Å². The first-order valence-electron chi connectivity index (χ1n) is 11.8. The SMILES string of the molecule is CC(C)CN(CC(=O)N(CCc1c[nH]c2ccccc12)Cc1ccc(Cl)cc1)C(=O)c1ccco1. The van der Waals surface area contributed by atoms with Crippen LogP contribution in [0.5, 0.6) is 0 Å². The molecule has 0 atom stereocenters. The number of carbonyl (C=O) groups excluding carboxylic acids is 2. The third kappa shape index (κ3) is 6.34. The smallest absolute Gasteiger partial charge is 0.290 e. The molecule has 0 fully saturated rings. The normalized spacial score (nSPS) is 11.2. The minimum absolute atomic E-state index is 0.0147. The minimum atomic E-state index is -0.278. The molecule has 6 nitrogen and oxygen atoms in total. The van der Waals surface area contributed by atoms with Gasteiger partial charge in [-0.2, -0.15) is 0 Å². The number of carbonyl (C=O) groups is 2. The lowest BCUT2D eigenvalue weighted by atomic mass is 10.1. The van der Waals surface area contributed by atoms with Gasteiger partial charge < -0.3 is 19.2 Å². The quantitative estimate of drug-likeness (QED) is 0.305.